The van der Waals surface area contributed by atoms with E-state index in [1.807, 2.05) is 42.5 Å². The summed E-state index contributed by atoms with van der Waals surface area (Å²) >= 11 is 0. The van der Waals surface area contributed by atoms with E-state index in [-0.39, 0.29) is 5.91 Å². The molecule has 5 nitrogen and oxygen atoms in total. The Balaban J connectivity index is 1.64. The zero-order valence-electron chi connectivity index (χ0n) is 14.8. The van der Waals surface area contributed by atoms with Crippen LogP contribution in [0.2, 0.25) is 0 Å². The molecule has 3 aromatic carbocycles. The number of carbonyl (C=O) groups excluding carboxylic acids is 2. The molecule has 3 aromatic rings. The first-order valence-corrected chi connectivity index (χ1v) is 8.41. The molecule has 0 aliphatic heterocycles. The molecule has 0 saturated heterocycles. The van der Waals surface area contributed by atoms with E-state index in [9.17, 15) is 9.59 Å². The molecule has 0 saturated carbocycles. The van der Waals surface area contributed by atoms with E-state index >= 15 is 0 Å². The first-order valence-electron chi connectivity index (χ1n) is 8.41. The van der Waals surface area contributed by atoms with Crippen LogP contribution in [-0.4, -0.2) is 19.3 Å². The summed E-state index contributed by atoms with van der Waals surface area (Å²) in [5.41, 5.74) is 2.71. The molecule has 0 fully saturated rings. The third-order valence-electron chi connectivity index (χ3n) is 3.97. The number of carbonyl (C=O) groups is 2. The Morgan fingerprint density at radius 2 is 1.70 bits per heavy atom. The van der Waals surface area contributed by atoms with E-state index in [1.54, 1.807) is 37.4 Å². The van der Waals surface area contributed by atoms with Crippen LogP contribution in [0.5, 0.6) is 11.5 Å². The fourth-order valence-electron chi connectivity index (χ4n) is 2.52. The molecule has 0 radical (unpaired) electrons. The minimum atomic E-state index is -0.172. The summed E-state index contributed by atoms with van der Waals surface area (Å²) in [6.07, 6.45) is 0.756. The second kappa shape index (κ2) is 8.67. The van der Waals surface area contributed by atoms with Gasteiger partial charge >= 0.3 is 0 Å². The van der Waals surface area contributed by atoms with Gasteiger partial charge in [0.15, 0.2) is 11.5 Å². The van der Waals surface area contributed by atoms with Gasteiger partial charge in [-0.2, -0.15) is 0 Å². The average molecular weight is 361 g/mol. The molecular weight excluding hydrogens is 342 g/mol. The maximum absolute atomic E-state index is 12.3. The highest BCUT2D eigenvalue weighted by atomic mass is 16.5. The lowest BCUT2D eigenvalue weighted by molar-refractivity contribution is 0.102. The Morgan fingerprint density at radius 1 is 0.963 bits per heavy atom. The van der Waals surface area contributed by atoms with Gasteiger partial charge in [0.1, 0.15) is 12.9 Å². The number of para-hydroxylation sites is 1. The predicted octanol–water partition coefficient (Wildman–Crippen LogP) is 4.34. The van der Waals surface area contributed by atoms with Gasteiger partial charge in [-0.25, -0.2) is 0 Å². The monoisotopic (exact) mass is 361 g/mol. The van der Waals surface area contributed by atoms with Gasteiger partial charge in [-0.1, -0.05) is 30.3 Å². The van der Waals surface area contributed by atoms with Crippen molar-refractivity contribution in [3.63, 3.8) is 0 Å². The maximum Gasteiger partial charge on any atom is 0.255 e. The van der Waals surface area contributed by atoms with Gasteiger partial charge in [0.25, 0.3) is 5.91 Å². The van der Waals surface area contributed by atoms with Crippen molar-refractivity contribution in [1.82, 2.24) is 0 Å². The molecule has 5 heteroatoms. The smallest absolute Gasteiger partial charge is 0.255 e. The number of benzene rings is 3. The van der Waals surface area contributed by atoms with Crippen molar-refractivity contribution >= 4 is 17.9 Å². The maximum atomic E-state index is 12.3. The minimum Gasteiger partial charge on any atom is -0.493 e. The lowest BCUT2D eigenvalue weighted by Crippen LogP contribution is -2.11. The number of nitrogens with one attached hydrogen (secondary N) is 1. The van der Waals surface area contributed by atoms with Gasteiger partial charge in [0.05, 0.1) is 7.11 Å². The van der Waals surface area contributed by atoms with E-state index < -0.39 is 0 Å². The van der Waals surface area contributed by atoms with Gasteiger partial charge in [-0.15, -0.1) is 0 Å². The van der Waals surface area contributed by atoms with Crippen LogP contribution in [0.1, 0.15) is 26.3 Å². The Hall–Kier alpha value is -3.60. The summed E-state index contributed by atoms with van der Waals surface area (Å²) in [5, 5.41) is 2.84. The lowest BCUT2D eigenvalue weighted by atomic mass is 10.1. The number of hydrogen-bond acceptors (Lipinski definition) is 4. The summed E-state index contributed by atoms with van der Waals surface area (Å²) in [4.78, 5) is 23.2. The van der Waals surface area contributed by atoms with Crippen molar-refractivity contribution in [3.8, 4) is 11.5 Å². The number of ether oxygens (including phenoxy) is 2. The molecule has 0 heterocycles. The zero-order chi connectivity index (χ0) is 19.1. The Kier molecular flexibility index (Phi) is 5.84. The van der Waals surface area contributed by atoms with Crippen molar-refractivity contribution in [1.29, 1.82) is 0 Å². The van der Waals surface area contributed by atoms with E-state index in [2.05, 4.69) is 5.32 Å². The highest BCUT2D eigenvalue weighted by Gasteiger charge is 2.08. The second-order valence-electron chi connectivity index (χ2n) is 5.83. The SMILES string of the molecule is COc1ccc(C=O)cc1OCc1ccc(C(=O)Nc2ccccc2)cc1. The van der Waals surface area contributed by atoms with Crippen LogP contribution in [0.25, 0.3) is 0 Å². The Morgan fingerprint density at radius 3 is 2.37 bits per heavy atom. The highest BCUT2D eigenvalue weighted by molar-refractivity contribution is 6.04. The fraction of sp³-hybridized carbons (Fsp3) is 0.0909. The quantitative estimate of drug-likeness (QED) is 0.636. The topological polar surface area (TPSA) is 64.6 Å². The number of anilines is 1. The molecule has 1 N–H and O–H groups in total. The summed E-state index contributed by atoms with van der Waals surface area (Å²) in [6.45, 7) is 0.291. The van der Waals surface area contributed by atoms with Crippen LogP contribution in [0.3, 0.4) is 0 Å². The van der Waals surface area contributed by atoms with E-state index in [0.717, 1.165) is 17.5 Å². The molecular formula is C22H19NO4. The number of methoxy groups -OCH3 is 1. The van der Waals surface area contributed by atoms with E-state index in [1.165, 1.54) is 0 Å². The minimum absolute atomic E-state index is 0.172. The number of hydrogen-bond donors (Lipinski definition) is 1. The molecule has 3 rings (SSSR count). The summed E-state index contributed by atoms with van der Waals surface area (Å²) < 4.78 is 11.0. The van der Waals surface area contributed by atoms with Crippen LogP contribution in [0, 0.1) is 0 Å². The van der Waals surface area contributed by atoms with E-state index in [0.29, 0.717) is 29.2 Å². The van der Waals surface area contributed by atoms with Crippen molar-refractivity contribution in [2.45, 2.75) is 6.61 Å². The molecule has 1 amide bonds. The highest BCUT2D eigenvalue weighted by Crippen LogP contribution is 2.28. The standard InChI is InChI=1S/C22H19NO4/c1-26-20-12-9-17(14-24)13-21(20)27-15-16-7-10-18(11-8-16)22(25)23-19-5-3-2-4-6-19/h2-14H,15H2,1H3,(H,23,25). The normalized spacial score (nSPS) is 10.1. The molecule has 0 aliphatic carbocycles. The average Bonchev–Trinajstić information content (AvgIpc) is 2.73. The van der Waals surface area contributed by atoms with Crippen LogP contribution in [0.15, 0.2) is 72.8 Å². The van der Waals surface area contributed by atoms with Crippen LogP contribution in [-0.2, 0) is 6.61 Å². The lowest BCUT2D eigenvalue weighted by Gasteiger charge is -2.11. The predicted molar refractivity (Wildman–Crippen MR) is 104 cm³/mol. The third kappa shape index (κ3) is 4.73. The van der Waals surface area contributed by atoms with Crippen molar-refractivity contribution in [3.05, 3.63) is 89.5 Å². The number of amides is 1. The first-order chi connectivity index (χ1) is 13.2. The van der Waals surface area contributed by atoms with Crippen LogP contribution >= 0.6 is 0 Å². The first kappa shape index (κ1) is 18.2. The number of rotatable bonds is 7. The Labute approximate surface area is 157 Å². The van der Waals surface area contributed by atoms with Crippen LogP contribution < -0.4 is 14.8 Å². The summed E-state index contributed by atoms with van der Waals surface area (Å²) in [6, 6.07) is 21.4. The molecule has 0 atom stereocenters. The summed E-state index contributed by atoms with van der Waals surface area (Å²) in [5.74, 6) is 0.876. The van der Waals surface area contributed by atoms with Crippen molar-refractivity contribution in [2.24, 2.45) is 0 Å². The van der Waals surface area contributed by atoms with Crippen LogP contribution in [0.4, 0.5) is 5.69 Å². The fourth-order valence-corrected chi connectivity index (χ4v) is 2.52. The van der Waals surface area contributed by atoms with Crippen molar-refractivity contribution in [2.75, 3.05) is 12.4 Å². The molecule has 0 bridgehead atoms. The molecule has 0 spiro atoms. The largest absolute Gasteiger partial charge is 0.493 e. The van der Waals surface area contributed by atoms with Gasteiger partial charge < -0.3 is 14.8 Å². The van der Waals surface area contributed by atoms with Crippen molar-refractivity contribution < 1.29 is 19.1 Å². The zero-order valence-corrected chi connectivity index (χ0v) is 14.8. The van der Waals surface area contributed by atoms with Gasteiger partial charge in [-0.05, 0) is 48.0 Å². The van der Waals surface area contributed by atoms with Gasteiger partial charge in [0.2, 0.25) is 0 Å². The Bertz CT molecular complexity index is 921. The van der Waals surface area contributed by atoms with E-state index in [4.69, 9.17) is 9.47 Å². The van der Waals surface area contributed by atoms with Gasteiger partial charge in [-0.3, -0.25) is 9.59 Å². The molecule has 27 heavy (non-hydrogen) atoms. The number of aldehydes is 1. The molecule has 0 aromatic heterocycles. The van der Waals surface area contributed by atoms with Gasteiger partial charge in [0, 0.05) is 16.8 Å². The third-order valence-corrected chi connectivity index (χ3v) is 3.97. The molecule has 136 valence electrons. The summed E-state index contributed by atoms with van der Waals surface area (Å²) in [7, 11) is 1.54. The molecule has 0 aliphatic rings. The molecule has 0 unspecified atom stereocenters. The second-order valence-corrected chi connectivity index (χ2v) is 5.83.